The fourth-order valence-corrected chi connectivity index (χ4v) is 4.23. The third-order valence-electron chi connectivity index (χ3n) is 5.05. The quantitative estimate of drug-likeness (QED) is 0.912. The van der Waals surface area contributed by atoms with Gasteiger partial charge in [0, 0.05) is 23.3 Å². The maximum Gasteiger partial charge on any atom is 0.161 e. The average Bonchev–Trinajstić information content (AvgIpc) is 2.88. The molecule has 3 unspecified atom stereocenters. The van der Waals surface area contributed by atoms with E-state index in [1.165, 1.54) is 0 Å². The first-order chi connectivity index (χ1) is 10.0. The summed E-state index contributed by atoms with van der Waals surface area (Å²) in [5.41, 5.74) is 6.15. The highest BCUT2D eigenvalue weighted by Crippen LogP contribution is 2.43. The molecule has 2 aliphatic carbocycles. The van der Waals surface area contributed by atoms with Crippen molar-refractivity contribution in [2.75, 3.05) is 0 Å². The Bertz CT molecular complexity index is 586. The summed E-state index contributed by atoms with van der Waals surface area (Å²) in [6, 6.07) is 7.29. The number of ketones is 2. The number of carbonyl (C=O) groups excluding carboxylic acids is 2. The van der Waals surface area contributed by atoms with Crippen LogP contribution in [0.1, 0.15) is 44.1 Å². The third kappa shape index (κ3) is 2.43. The number of rotatable bonds is 2. The van der Waals surface area contributed by atoms with Gasteiger partial charge < -0.3 is 5.73 Å². The fraction of sp³-hybridized carbons (Fsp3) is 0.529. The first-order valence-electron chi connectivity index (χ1n) is 7.65. The summed E-state index contributed by atoms with van der Waals surface area (Å²) < 4.78 is 0. The van der Waals surface area contributed by atoms with Crippen LogP contribution >= 0.6 is 11.6 Å². The van der Waals surface area contributed by atoms with Crippen LogP contribution in [0.3, 0.4) is 0 Å². The lowest BCUT2D eigenvalue weighted by Crippen LogP contribution is -2.52. The zero-order valence-electron chi connectivity index (χ0n) is 12.0. The molecule has 2 saturated carbocycles. The Labute approximate surface area is 129 Å². The van der Waals surface area contributed by atoms with E-state index in [1.54, 1.807) is 6.07 Å². The van der Waals surface area contributed by atoms with E-state index in [4.69, 9.17) is 17.3 Å². The minimum Gasteiger partial charge on any atom is -0.315 e. The van der Waals surface area contributed by atoms with Crippen LogP contribution in [-0.4, -0.2) is 11.6 Å². The van der Waals surface area contributed by atoms with E-state index in [9.17, 15) is 9.59 Å². The summed E-state index contributed by atoms with van der Waals surface area (Å²) in [6.07, 6.45) is 4.58. The lowest BCUT2D eigenvalue weighted by molar-refractivity contribution is -0.137. The van der Waals surface area contributed by atoms with E-state index in [1.807, 2.05) is 18.2 Å². The maximum atomic E-state index is 13.0. The molecular formula is C17H20ClNO2. The number of Topliss-reactive ketones (excluding diaryl/α,β-unsaturated/α-hetero) is 2. The van der Waals surface area contributed by atoms with Gasteiger partial charge in [0.15, 0.2) is 5.78 Å². The van der Waals surface area contributed by atoms with Crippen LogP contribution in [0.2, 0.25) is 5.02 Å². The second-order valence-corrected chi connectivity index (χ2v) is 6.69. The summed E-state index contributed by atoms with van der Waals surface area (Å²) in [5.74, 6) is -0.114. The molecular weight excluding hydrogens is 286 g/mol. The van der Waals surface area contributed by atoms with Crippen LogP contribution < -0.4 is 5.73 Å². The van der Waals surface area contributed by atoms with Gasteiger partial charge >= 0.3 is 0 Å². The Morgan fingerprint density at radius 1 is 1.10 bits per heavy atom. The predicted octanol–water partition coefficient (Wildman–Crippen LogP) is 3.23. The summed E-state index contributed by atoms with van der Waals surface area (Å²) in [7, 11) is 0. The molecule has 0 radical (unpaired) electrons. The highest BCUT2D eigenvalue weighted by atomic mass is 35.5. The van der Waals surface area contributed by atoms with Gasteiger partial charge in [-0.1, -0.05) is 36.2 Å². The van der Waals surface area contributed by atoms with Gasteiger partial charge in [0.05, 0.1) is 0 Å². The molecule has 21 heavy (non-hydrogen) atoms. The zero-order valence-corrected chi connectivity index (χ0v) is 12.7. The average molecular weight is 306 g/mol. The van der Waals surface area contributed by atoms with Gasteiger partial charge in [-0.05, 0) is 37.3 Å². The van der Waals surface area contributed by atoms with Crippen LogP contribution in [0.5, 0.6) is 0 Å². The standard InChI is InChI=1S/C17H20ClNO2/c18-14-8-2-1-7-13(14)17(19)10-4-6-12(16(17)21)11-5-3-9-15(11)20/h1-2,7-8,11-12H,3-6,9-10,19H2. The normalized spacial score (nSPS) is 33.4. The van der Waals surface area contributed by atoms with E-state index < -0.39 is 5.54 Å². The summed E-state index contributed by atoms with van der Waals surface area (Å²) in [5, 5.41) is 0.534. The summed E-state index contributed by atoms with van der Waals surface area (Å²) >= 11 is 6.25. The summed E-state index contributed by atoms with van der Waals surface area (Å²) in [4.78, 5) is 25.0. The van der Waals surface area contributed by atoms with Crippen molar-refractivity contribution in [3.63, 3.8) is 0 Å². The summed E-state index contributed by atoms with van der Waals surface area (Å²) in [6.45, 7) is 0. The molecule has 0 spiro atoms. The van der Waals surface area contributed by atoms with Crippen molar-refractivity contribution in [2.45, 2.75) is 44.1 Å². The molecule has 2 fully saturated rings. The van der Waals surface area contributed by atoms with Crippen molar-refractivity contribution >= 4 is 23.2 Å². The van der Waals surface area contributed by atoms with Gasteiger partial charge in [0.1, 0.15) is 11.3 Å². The fourth-order valence-electron chi connectivity index (χ4n) is 3.93. The zero-order chi connectivity index (χ0) is 15.0. The molecule has 0 aliphatic heterocycles. The van der Waals surface area contributed by atoms with E-state index >= 15 is 0 Å². The van der Waals surface area contributed by atoms with Crippen LogP contribution in [0.15, 0.2) is 24.3 Å². The molecule has 1 aromatic rings. The van der Waals surface area contributed by atoms with Gasteiger partial charge in [-0.25, -0.2) is 0 Å². The molecule has 3 nitrogen and oxygen atoms in total. The maximum absolute atomic E-state index is 13.0. The molecule has 3 rings (SSSR count). The number of benzene rings is 1. The van der Waals surface area contributed by atoms with Crippen molar-refractivity contribution < 1.29 is 9.59 Å². The topological polar surface area (TPSA) is 60.2 Å². The first kappa shape index (κ1) is 14.7. The molecule has 0 saturated heterocycles. The number of hydrogen-bond donors (Lipinski definition) is 1. The van der Waals surface area contributed by atoms with Gasteiger partial charge in [-0.3, -0.25) is 9.59 Å². The highest BCUT2D eigenvalue weighted by molar-refractivity contribution is 6.31. The van der Waals surface area contributed by atoms with Crippen molar-refractivity contribution in [1.82, 2.24) is 0 Å². The van der Waals surface area contributed by atoms with Crippen LogP contribution in [0.4, 0.5) is 0 Å². The van der Waals surface area contributed by atoms with Crippen LogP contribution in [-0.2, 0) is 15.1 Å². The Morgan fingerprint density at radius 3 is 2.48 bits per heavy atom. The Kier molecular flexibility index (Phi) is 3.89. The lowest BCUT2D eigenvalue weighted by atomic mass is 9.67. The van der Waals surface area contributed by atoms with Gasteiger partial charge in [0.2, 0.25) is 0 Å². The number of carbonyl (C=O) groups is 2. The van der Waals surface area contributed by atoms with Crippen molar-refractivity contribution in [3.8, 4) is 0 Å². The molecule has 112 valence electrons. The lowest BCUT2D eigenvalue weighted by Gasteiger charge is -2.39. The third-order valence-corrected chi connectivity index (χ3v) is 5.38. The first-order valence-corrected chi connectivity index (χ1v) is 8.03. The largest absolute Gasteiger partial charge is 0.315 e. The molecule has 4 heteroatoms. The molecule has 2 N–H and O–H groups in total. The van der Waals surface area contributed by atoms with E-state index in [0.29, 0.717) is 23.4 Å². The van der Waals surface area contributed by atoms with E-state index in [0.717, 1.165) is 25.7 Å². The number of hydrogen-bond acceptors (Lipinski definition) is 3. The number of halogens is 1. The van der Waals surface area contributed by atoms with Gasteiger partial charge in [0.25, 0.3) is 0 Å². The van der Waals surface area contributed by atoms with Crippen molar-refractivity contribution in [3.05, 3.63) is 34.9 Å². The predicted molar refractivity (Wildman–Crippen MR) is 82.0 cm³/mol. The minimum atomic E-state index is -1.04. The second-order valence-electron chi connectivity index (χ2n) is 6.28. The van der Waals surface area contributed by atoms with Crippen molar-refractivity contribution in [2.24, 2.45) is 17.6 Å². The second kappa shape index (κ2) is 5.54. The molecule has 3 atom stereocenters. The Hall–Kier alpha value is -1.19. The van der Waals surface area contributed by atoms with Gasteiger partial charge in [-0.15, -0.1) is 0 Å². The Morgan fingerprint density at radius 2 is 1.81 bits per heavy atom. The molecule has 1 aromatic carbocycles. The molecule has 0 heterocycles. The van der Waals surface area contributed by atoms with E-state index in [2.05, 4.69) is 0 Å². The smallest absolute Gasteiger partial charge is 0.161 e. The molecule has 2 aliphatic rings. The SMILES string of the molecule is NC1(c2ccccc2Cl)CCCC(C2CCCC2=O)C1=O. The van der Waals surface area contributed by atoms with Crippen molar-refractivity contribution in [1.29, 1.82) is 0 Å². The van der Waals surface area contributed by atoms with Crippen LogP contribution in [0, 0.1) is 11.8 Å². The molecule has 0 bridgehead atoms. The van der Waals surface area contributed by atoms with Crippen LogP contribution in [0.25, 0.3) is 0 Å². The Balaban J connectivity index is 1.94. The van der Waals surface area contributed by atoms with E-state index in [-0.39, 0.29) is 23.4 Å². The molecule has 0 aromatic heterocycles. The van der Waals surface area contributed by atoms with Gasteiger partial charge in [-0.2, -0.15) is 0 Å². The monoisotopic (exact) mass is 305 g/mol. The minimum absolute atomic E-state index is 0.00194. The molecule has 0 amide bonds. The number of nitrogens with two attached hydrogens (primary N) is 1. The highest BCUT2D eigenvalue weighted by Gasteiger charge is 2.48.